The first-order valence-electron chi connectivity index (χ1n) is 7.79. The second-order valence-corrected chi connectivity index (χ2v) is 6.78. The Morgan fingerprint density at radius 1 is 1.17 bits per heavy atom. The summed E-state index contributed by atoms with van der Waals surface area (Å²) >= 11 is 1.77. The van der Waals surface area contributed by atoms with Gasteiger partial charge in [0.25, 0.3) is 0 Å². The molecule has 4 rings (SSSR count). The van der Waals surface area contributed by atoms with Crippen LogP contribution >= 0.6 is 11.3 Å². The second kappa shape index (κ2) is 6.21. The molecular weight excluding hydrogens is 326 g/mol. The fourth-order valence-electron chi connectivity index (χ4n) is 3.01. The predicted molar refractivity (Wildman–Crippen MR) is 92.8 cm³/mol. The minimum absolute atomic E-state index is 0.244. The smallest absolute Gasteiger partial charge is 0.384 e. The summed E-state index contributed by atoms with van der Waals surface area (Å²) in [6.45, 7) is 4.35. The molecule has 0 atom stereocenters. The van der Waals surface area contributed by atoms with Crippen LogP contribution in [0.5, 0.6) is 0 Å². The Morgan fingerprint density at radius 2 is 2.00 bits per heavy atom. The molecule has 0 unspecified atom stereocenters. The van der Waals surface area contributed by atoms with Gasteiger partial charge < -0.3 is 10.1 Å². The van der Waals surface area contributed by atoms with Crippen LogP contribution in [0.15, 0.2) is 40.6 Å². The molecule has 3 aromatic heterocycles. The van der Waals surface area contributed by atoms with Gasteiger partial charge in [0, 0.05) is 43.8 Å². The molecule has 1 fully saturated rings. The van der Waals surface area contributed by atoms with Gasteiger partial charge in [0.05, 0.1) is 5.39 Å². The van der Waals surface area contributed by atoms with Gasteiger partial charge in [-0.1, -0.05) is 6.07 Å². The fraction of sp³-hybridized carbons (Fsp3) is 0.312. The minimum atomic E-state index is -0.697. The van der Waals surface area contributed by atoms with E-state index in [2.05, 4.69) is 37.3 Å². The Kier molecular flexibility index (Phi) is 3.91. The van der Waals surface area contributed by atoms with Gasteiger partial charge in [-0.2, -0.15) is 4.98 Å². The van der Waals surface area contributed by atoms with Crippen molar-refractivity contribution in [1.82, 2.24) is 19.6 Å². The Labute approximate surface area is 142 Å². The molecular formula is C16H17N5O2S. The third-order valence-electron chi connectivity index (χ3n) is 4.24. The molecule has 1 aliphatic heterocycles. The van der Waals surface area contributed by atoms with Gasteiger partial charge in [-0.15, -0.1) is 16.1 Å². The van der Waals surface area contributed by atoms with Gasteiger partial charge in [-0.05, 0) is 23.6 Å². The second-order valence-electron chi connectivity index (χ2n) is 5.75. The summed E-state index contributed by atoms with van der Waals surface area (Å²) in [5, 5.41) is 12.6. The van der Waals surface area contributed by atoms with Crippen molar-refractivity contribution in [2.24, 2.45) is 0 Å². The topological polar surface area (TPSA) is 74.5 Å². The fourth-order valence-corrected chi connectivity index (χ4v) is 3.76. The van der Waals surface area contributed by atoms with Crippen LogP contribution in [0, 0.1) is 0 Å². The number of thiophene rings is 1. The number of nitrogens with zero attached hydrogens (tertiary/aromatic N) is 5. The van der Waals surface area contributed by atoms with Crippen molar-refractivity contribution in [2.75, 3.05) is 31.1 Å². The predicted octanol–water partition coefficient (Wildman–Crippen LogP) is 1.41. The van der Waals surface area contributed by atoms with Gasteiger partial charge >= 0.3 is 5.69 Å². The molecule has 1 N–H and O–H groups in total. The number of rotatable bonds is 3. The van der Waals surface area contributed by atoms with Gasteiger partial charge in [-0.3, -0.25) is 4.90 Å². The number of hydrogen-bond acceptors (Lipinski definition) is 7. The lowest BCUT2D eigenvalue weighted by molar-refractivity contribution is 0.182. The first kappa shape index (κ1) is 15.1. The summed E-state index contributed by atoms with van der Waals surface area (Å²) in [4.78, 5) is 25.9. The standard InChI is InChI=1S/C16H17N5O2S/c22-16-18-15(13-4-1-5-17-14(13)21(16)23)20-8-6-19(7-9-20)11-12-3-2-10-24-12/h1-5,10,23H,6-9,11H2. The molecule has 7 nitrogen and oxygen atoms in total. The van der Waals surface area contributed by atoms with Crippen LogP contribution in [0.2, 0.25) is 0 Å². The average molecular weight is 343 g/mol. The Balaban J connectivity index is 1.57. The third-order valence-corrected chi connectivity index (χ3v) is 5.10. The zero-order valence-corrected chi connectivity index (χ0v) is 13.8. The Hall–Kier alpha value is -2.45. The lowest BCUT2D eigenvalue weighted by Gasteiger charge is -2.35. The van der Waals surface area contributed by atoms with Crippen LogP contribution in [-0.4, -0.2) is 51.0 Å². The van der Waals surface area contributed by atoms with E-state index in [9.17, 15) is 10.0 Å². The quantitative estimate of drug-likeness (QED) is 0.725. The van der Waals surface area contributed by atoms with E-state index in [0.717, 1.165) is 32.7 Å². The van der Waals surface area contributed by atoms with Crippen molar-refractivity contribution < 1.29 is 5.21 Å². The van der Waals surface area contributed by atoms with E-state index in [1.807, 2.05) is 6.07 Å². The molecule has 0 aliphatic carbocycles. The summed E-state index contributed by atoms with van der Waals surface area (Å²) in [7, 11) is 0. The summed E-state index contributed by atoms with van der Waals surface area (Å²) < 4.78 is 0.506. The molecule has 1 aliphatic rings. The molecule has 0 saturated carbocycles. The van der Waals surface area contributed by atoms with Crippen molar-refractivity contribution in [1.29, 1.82) is 0 Å². The zero-order chi connectivity index (χ0) is 16.5. The van der Waals surface area contributed by atoms with Crippen molar-refractivity contribution in [3.63, 3.8) is 0 Å². The van der Waals surface area contributed by atoms with E-state index in [1.54, 1.807) is 23.6 Å². The highest BCUT2D eigenvalue weighted by Crippen LogP contribution is 2.23. The van der Waals surface area contributed by atoms with Crippen molar-refractivity contribution in [3.05, 3.63) is 51.2 Å². The Bertz CT molecular complexity index is 900. The lowest BCUT2D eigenvalue weighted by Crippen LogP contribution is -2.46. The number of pyridine rings is 1. The van der Waals surface area contributed by atoms with Crippen LogP contribution < -0.4 is 10.6 Å². The molecule has 4 heterocycles. The molecule has 0 spiro atoms. The van der Waals surface area contributed by atoms with Crippen LogP contribution in [0.4, 0.5) is 5.82 Å². The highest BCUT2D eigenvalue weighted by molar-refractivity contribution is 7.09. The maximum atomic E-state index is 11.9. The molecule has 1 saturated heterocycles. The van der Waals surface area contributed by atoms with Crippen LogP contribution in [-0.2, 0) is 6.54 Å². The molecule has 0 amide bonds. The maximum Gasteiger partial charge on any atom is 0.384 e. The highest BCUT2D eigenvalue weighted by atomic mass is 32.1. The summed E-state index contributed by atoms with van der Waals surface area (Å²) in [6.07, 6.45) is 1.55. The average Bonchev–Trinajstić information content (AvgIpc) is 3.12. The third kappa shape index (κ3) is 2.74. The molecule has 124 valence electrons. The van der Waals surface area contributed by atoms with E-state index in [4.69, 9.17) is 0 Å². The van der Waals surface area contributed by atoms with Gasteiger partial charge in [-0.25, -0.2) is 9.78 Å². The molecule has 0 radical (unpaired) electrons. The van der Waals surface area contributed by atoms with E-state index >= 15 is 0 Å². The minimum Gasteiger partial charge on any atom is -0.422 e. The van der Waals surface area contributed by atoms with Crippen molar-refractivity contribution in [3.8, 4) is 0 Å². The van der Waals surface area contributed by atoms with Crippen LogP contribution in [0.1, 0.15) is 4.88 Å². The monoisotopic (exact) mass is 343 g/mol. The number of fused-ring (bicyclic) bond motifs is 1. The molecule has 0 aromatic carbocycles. The van der Waals surface area contributed by atoms with E-state index in [-0.39, 0.29) is 5.65 Å². The molecule has 0 bridgehead atoms. The first-order valence-corrected chi connectivity index (χ1v) is 8.67. The summed E-state index contributed by atoms with van der Waals surface area (Å²) in [5.74, 6) is 0.601. The molecule has 24 heavy (non-hydrogen) atoms. The van der Waals surface area contributed by atoms with E-state index in [1.165, 1.54) is 4.88 Å². The zero-order valence-electron chi connectivity index (χ0n) is 13.0. The van der Waals surface area contributed by atoms with Crippen LogP contribution in [0.3, 0.4) is 0 Å². The van der Waals surface area contributed by atoms with Crippen molar-refractivity contribution in [2.45, 2.75) is 6.54 Å². The summed E-state index contributed by atoms with van der Waals surface area (Å²) in [5.41, 5.74) is -0.453. The van der Waals surface area contributed by atoms with Gasteiger partial charge in [0.15, 0.2) is 5.65 Å². The van der Waals surface area contributed by atoms with Gasteiger partial charge in [0.1, 0.15) is 5.82 Å². The number of hydrogen-bond donors (Lipinski definition) is 1. The number of anilines is 1. The van der Waals surface area contributed by atoms with Crippen LogP contribution in [0.25, 0.3) is 11.0 Å². The maximum absolute atomic E-state index is 11.9. The first-order chi connectivity index (χ1) is 11.7. The van der Waals surface area contributed by atoms with Gasteiger partial charge in [0.2, 0.25) is 0 Å². The number of piperazine rings is 1. The van der Waals surface area contributed by atoms with Crippen molar-refractivity contribution >= 4 is 28.2 Å². The lowest BCUT2D eigenvalue weighted by atomic mass is 10.2. The largest absolute Gasteiger partial charge is 0.422 e. The van der Waals surface area contributed by atoms with E-state index in [0.29, 0.717) is 15.9 Å². The molecule has 3 aromatic rings. The molecule has 8 heteroatoms. The normalized spacial score (nSPS) is 15.9. The Morgan fingerprint density at radius 3 is 2.75 bits per heavy atom. The highest BCUT2D eigenvalue weighted by Gasteiger charge is 2.22. The number of aromatic nitrogens is 3. The van der Waals surface area contributed by atoms with E-state index < -0.39 is 5.69 Å². The summed E-state index contributed by atoms with van der Waals surface area (Å²) in [6, 6.07) is 7.84. The SMILES string of the molecule is O=c1nc(N2CCN(Cc3cccs3)CC2)c2cccnc2n1O.